The molecule has 0 aliphatic heterocycles. The monoisotopic (exact) mass is 316 g/mol. The minimum atomic E-state index is -3.43. The third-order valence-corrected chi connectivity index (χ3v) is 8.00. The van der Waals surface area contributed by atoms with Gasteiger partial charge in [-0.2, -0.15) is 0 Å². The Hall–Kier alpha value is -0.180. The molecule has 3 aliphatic carbocycles. The lowest BCUT2D eigenvalue weighted by Crippen LogP contribution is -2.62. The second kappa shape index (κ2) is 5.47. The molecule has 21 heavy (non-hydrogen) atoms. The van der Waals surface area contributed by atoms with Gasteiger partial charge in [0, 0.05) is 5.92 Å². The Labute approximate surface area is 128 Å². The Balaban J connectivity index is 2.33. The molecule has 0 spiro atoms. The maximum Gasteiger partial charge on any atom is 0.341 e. The van der Waals surface area contributed by atoms with E-state index >= 15 is 0 Å². The zero-order chi connectivity index (χ0) is 16.2. The van der Waals surface area contributed by atoms with Crippen LogP contribution in [0, 0.1) is 23.2 Å². The van der Waals surface area contributed by atoms with Crippen LogP contribution in [0.2, 0.25) is 0 Å². The van der Waals surface area contributed by atoms with Crippen LogP contribution >= 0.6 is 7.60 Å². The van der Waals surface area contributed by atoms with Crippen LogP contribution in [0.25, 0.3) is 0 Å². The van der Waals surface area contributed by atoms with Gasteiger partial charge in [0.1, 0.15) is 5.66 Å². The molecule has 2 bridgehead atoms. The lowest BCUT2D eigenvalue weighted by molar-refractivity contribution is -0.156. The van der Waals surface area contributed by atoms with Crippen molar-refractivity contribution in [1.29, 1.82) is 0 Å². The molecule has 3 rings (SSSR count). The van der Waals surface area contributed by atoms with Crippen LogP contribution in [0.15, 0.2) is 0 Å². The minimum Gasteiger partial charge on any atom is -0.305 e. The quantitative estimate of drug-likeness (QED) is 0.710. The summed E-state index contributed by atoms with van der Waals surface area (Å²) in [6, 6.07) is 0. The van der Waals surface area contributed by atoms with Gasteiger partial charge in [0.25, 0.3) is 0 Å². The fraction of sp³-hybridized carbons (Fsp3) is 0.938. The molecule has 4 nitrogen and oxygen atoms in total. The molecule has 0 aromatic heterocycles. The Bertz CT molecular complexity index is 455. The molecule has 0 amide bonds. The Morgan fingerprint density at radius 3 is 1.95 bits per heavy atom. The maximum absolute atomic E-state index is 13.3. The zero-order valence-electron chi connectivity index (χ0n) is 14.3. The van der Waals surface area contributed by atoms with Gasteiger partial charge in [-0.1, -0.05) is 20.8 Å². The van der Waals surface area contributed by atoms with Crippen molar-refractivity contribution in [3.63, 3.8) is 0 Å². The zero-order valence-corrected chi connectivity index (χ0v) is 15.1. The molecular formula is C16H29O4P. The van der Waals surface area contributed by atoms with Crippen LogP contribution in [0.3, 0.4) is 0 Å². The first kappa shape index (κ1) is 17.2. The summed E-state index contributed by atoms with van der Waals surface area (Å²) in [5.74, 6) is 0.550. The second-order valence-corrected chi connectivity index (χ2v) is 9.83. The van der Waals surface area contributed by atoms with E-state index in [9.17, 15) is 9.36 Å². The summed E-state index contributed by atoms with van der Waals surface area (Å²) >= 11 is 0. The van der Waals surface area contributed by atoms with E-state index < -0.39 is 13.3 Å². The molecule has 0 heterocycles. The first-order valence-electron chi connectivity index (χ1n) is 8.01. The van der Waals surface area contributed by atoms with Gasteiger partial charge in [-0.15, -0.1) is 0 Å². The molecule has 4 atom stereocenters. The maximum atomic E-state index is 13.3. The van der Waals surface area contributed by atoms with Crippen molar-refractivity contribution in [3.05, 3.63) is 0 Å². The summed E-state index contributed by atoms with van der Waals surface area (Å²) in [5, 5.41) is 0. The van der Waals surface area contributed by atoms with E-state index in [1.165, 1.54) is 0 Å². The van der Waals surface area contributed by atoms with Crippen LogP contribution in [0.5, 0.6) is 0 Å². The number of hydrogen-bond acceptors (Lipinski definition) is 4. The Morgan fingerprint density at radius 1 is 1.14 bits per heavy atom. The summed E-state index contributed by atoms with van der Waals surface area (Å²) in [5.41, 5.74) is -0.577. The molecule has 0 radical (unpaired) electrons. The van der Waals surface area contributed by atoms with Gasteiger partial charge in [0.2, 0.25) is 0 Å². The van der Waals surface area contributed by atoms with Crippen molar-refractivity contribution in [1.82, 2.24) is 0 Å². The number of Topliss-reactive ketones (excluding diaryl/α,β-unsaturated/α-hetero) is 1. The van der Waals surface area contributed by atoms with Crippen LogP contribution in [0.1, 0.15) is 54.9 Å². The molecule has 0 aromatic rings. The third kappa shape index (κ3) is 2.75. The number of carbonyl (C=O) groups excluding carboxylic acids is 1. The van der Waals surface area contributed by atoms with Crippen LogP contribution in [-0.2, 0) is 18.4 Å². The summed E-state index contributed by atoms with van der Waals surface area (Å²) in [4.78, 5) is 12.9. The Morgan fingerprint density at radius 2 is 1.62 bits per heavy atom. The predicted octanol–water partition coefficient (Wildman–Crippen LogP) is 4.28. The van der Waals surface area contributed by atoms with E-state index in [0.29, 0.717) is 5.92 Å². The van der Waals surface area contributed by atoms with Crippen molar-refractivity contribution in [3.8, 4) is 0 Å². The first-order chi connectivity index (χ1) is 9.50. The van der Waals surface area contributed by atoms with Crippen molar-refractivity contribution in [2.45, 2.75) is 72.8 Å². The SMILES string of the molecule is CC(C)OP(=O)(OC(C)C)C1C(=O)[C@H]2C[C@@H](C1C)C2(C)C. The largest absolute Gasteiger partial charge is 0.341 e. The number of carbonyl (C=O) groups is 1. The van der Waals surface area contributed by atoms with Crippen molar-refractivity contribution < 1.29 is 18.4 Å². The van der Waals surface area contributed by atoms with E-state index in [1.807, 2.05) is 34.6 Å². The van der Waals surface area contributed by atoms with E-state index in [-0.39, 0.29) is 35.2 Å². The highest BCUT2D eigenvalue weighted by Gasteiger charge is 2.65. The lowest BCUT2D eigenvalue weighted by Gasteiger charge is -2.61. The van der Waals surface area contributed by atoms with Crippen molar-refractivity contribution in [2.75, 3.05) is 0 Å². The predicted molar refractivity (Wildman–Crippen MR) is 83.4 cm³/mol. The fourth-order valence-corrected chi connectivity index (χ4v) is 6.97. The molecule has 3 saturated carbocycles. The van der Waals surface area contributed by atoms with Crippen molar-refractivity contribution >= 4 is 13.4 Å². The van der Waals surface area contributed by atoms with E-state index in [2.05, 4.69) is 13.8 Å². The van der Waals surface area contributed by atoms with E-state index in [4.69, 9.17) is 9.05 Å². The van der Waals surface area contributed by atoms with Gasteiger partial charge >= 0.3 is 7.60 Å². The second-order valence-electron chi connectivity index (χ2n) is 7.77. The smallest absolute Gasteiger partial charge is 0.305 e. The highest BCUT2D eigenvalue weighted by molar-refractivity contribution is 7.55. The lowest BCUT2D eigenvalue weighted by atomic mass is 9.45. The third-order valence-electron chi connectivity index (χ3n) is 5.17. The molecule has 3 fully saturated rings. The van der Waals surface area contributed by atoms with Crippen LogP contribution in [-0.4, -0.2) is 23.7 Å². The van der Waals surface area contributed by atoms with Gasteiger partial charge in [0.15, 0.2) is 5.78 Å². The molecule has 0 N–H and O–H groups in total. The van der Waals surface area contributed by atoms with Crippen LogP contribution < -0.4 is 0 Å². The van der Waals surface area contributed by atoms with E-state index in [1.54, 1.807) is 0 Å². The molecule has 0 aromatic carbocycles. The van der Waals surface area contributed by atoms with Crippen LogP contribution in [0.4, 0.5) is 0 Å². The normalized spacial score (nSPS) is 35.2. The van der Waals surface area contributed by atoms with Gasteiger partial charge in [-0.3, -0.25) is 9.36 Å². The molecular weight excluding hydrogens is 287 g/mol. The Kier molecular flexibility index (Phi) is 4.48. The average Bonchev–Trinajstić information content (AvgIpc) is 2.23. The highest BCUT2D eigenvalue weighted by Crippen LogP contribution is 2.69. The van der Waals surface area contributed by atoms with Gasteiger partial charge in [0.05, 0.1) is 12.2 Å². The topological polar surface area (TPSA) is 52.6 Å². The number of hydrogen-bond donors (Lipinski definition) is 0. The highest BCUT2D eigenvalue weighted by atomic mass is 31.2. The molecule has 5 heteroatoms. The summed E-state index contributed by atoms with van der Waals surface area (Å²) in [6.07, 6.45) is 0.481. The minimum absolute atomic E-state index is 0.00329. The van der Waals surface area contributed by atoms with Gasteiger partial charge in [-0.25, -0.2) is 0 Å². The van der Waals surface area contributed by atoms with E-state index in [0.717, 1.165) is 6.42 Å². The first-order valence-corrected chi connectivity index (χ1v) is 9.62. The average molecular weight is 316 g/mol. The van der Waals surface area contributed by atoms with Gasteiger partial charge in [-0.05, 0) is 51.4 Å². The number of fused-ring (bicyclic) bond motifs is 2. The van der Waals surface area contributed by atoms with Gasteiger partial charge < -0.3 is 9.05 Å². The summed E-state index contributed by atoms with van der Waals surface area (Å²) in [6.45, 7) is 13.7. The molecule has 2 unspecified atom stereocenters. The fourth-order valence-electron chi connectivity index (χ4n) is 4.21. The standard InChI is InChI=1S/C16H29O4P/c1-9(2)19-21(18,20-10(3)4)15-11(5)12-8-13(14(15)17)16(12,6)7/h9-13,15H,8H2,1-7H3/t11?,12-,13+,15?/m0/s1. The number of rotatable bonds is 5. The summed E-state index contributed by atoms with van der Waals surface area (Å²) < 4.78 is 24.7. The molecule has 0 saturated heterocycles. The number of ketones is 1. The molecule has 3 aliphatic rings. The summed E-state index contributed by atoms with van der Waals surface area (Å²) in [7, 11) is -3.43. The molecule has 122 valence electrons. The van der Waals surface area contributed by atoms with Crippen molar-refractivity contribution in [2.24, 2.45) is 23.2 Å².